The number of carbonyl (C=O) groups is 1. The average molecular weight is 379 g/mol. The fourth-order valence-electron chi connectivity index (χ4n) is 4.63. The minimum Gasteiger partial charge on any atom is -0.373 e. The van der Waals surface area contributed by atoms with Crippen LogP contribution >= 0.6 is 0 Å². The fourth-order valence-corrected chi connectivity index (χ4v) is 4.63. The van der Waals surface area contributed by atoms with Gasteiger partial charge in [-0.1, -0.05) is 42.5 Å². The van der Waals surface area contributed by atoms with Crippen molar-refractivity contribution in [3.63, 3.8) is 0 Å². The maximum atomic E-state index is 13.2. The second kappa shape index (κ2) is 8.46. The molecule has 4 rings (SSSR count). The van der Waals surface area contributed by atoms with Crippen LogP contribution in [0.5, 0.6) is 0 Å². The third-order valence-corrected chi connectivity index (χ3v) is 5.84. The highest BCUT2D eigenvalue weighted by atomic mass is 16.5. The molecule has 0 spiro atoms. The first-order valence-electron chi connectivity index (χ1n) is 10.4. The first-order chi connectivity index (χ1) is 13.6. The number of likely N-dealkylation sites (tertiary alicyclic amines) is 1. The van der Waals surface area contributed by atoms with Gasteiger partial charge in [0.25, 0.3) is 5.91 Å². The van der Waals surface area contributed by atoms with E-state index in [0.29, 0.717) is 6.04 Å². The summed E-state index contributed by atoms with van der Waals surface area (Å²) < 4.78 is 5.85. The normalized spacial score (nSPS) is 25.8. The molecule has 0 radical (unpaired) electrons. The number of morpholine rings is 1. The van der Waals surface area contributed by atoms with Crippen molar-refractivity contribution < 1.29 is 9.53 Å². The lowest BCUT2D eigenvalue weighted by Crippen LogP contribution is -2.50. The van der Waals surface area contributed by atoms with Gasteiger partial charge in [0.05, 0.1) is 12.2 Å². The molecule has 3 unspecified atom stereocenters. The van der Waals surface area contributed by atoms with Crippen molar-refractivity contribution in [2.75, 3.05) is 26.2 Å². The lowest BCUT2D eigenvalue weighted by atomic mass is 10.0. The monoisotopic (exact) mass is 378 g/mol. The zero-order chi connectivity index (χ0) is 19.5. The van der Waals surface area contributed by atoms with Crippen molar-refractivity contribution in [2.24, 2.45) is 0 Å². The number of benzene rings is 2. The summed E-state index contributed by atoms with van der Waals surface area (Å²) in [5.41, 5.74) is 3.11. The molecule has 2 aromatic carbocycles. The van der Waals surface area contributed by atoms with Crippen LogP contribution in [0.3, 0.4) is 0 Å². The SMILES string of the molecule is CC1CN(CC2CCCN2C(=O)c2ccc(-c3ccccc3)cc2)CC(C)O1. The second-order valence-electron chi connectivity index (χ2n) is 8.21. The quantitative estimate of drug-likeness (QED) is 0.804. The Morgan fingerprint density at radius 1 is 0.964 bits per heavy atom. The molecule has 2 aromatic rings. The number of ether oxygens (including phenoxy) is 1. The Morgan fingerprint density at radius 3 is 2.29 bits per heavy atom. The van der Waals surface area contributed by atoms with Crippen molar-refractivity contribution in [1.29, 1.82) is 0 Å². The number of rotatable bonds is 4. The Balaban J connectivity index is 1.43. The zero-order valence-electron chi connectivity index (χ0n) is 16.9. The maximum Gasteiger partial charge on any atom is 0.254 e. The Kier molecular flexibility index (Phi) is 5.79. The van der Waals surface area contributed by atoms with Gasteiger partial charge in [-0.25, -0.2) is 0 Å². The van der Waals surface area contributed by atoms with Gasteiger partial charge in [0, 0.05) is 37.8 Å². The fraction of sp³-hybridized carbons (Fsp3) is 0.458. The van der Waals surface area contributed by atoms with E-state index < -0.39 is 0 Å². The Bertz CT molecular complexity index is 780. The van der Waals surface area contributed by atoms with Crippen LogP contribution in [0, 0.1) is 0 Å². The van der Waals surface area contributed by atoms with E-state index in [2.05, 4.69) is 47.9 Å². The van der Waals surface area contributed by atoms with Crippen molar-refractivity contribution >= 4 is 5.91 Å². The number of nitrogens with zero attached hydrogens (tertiary/aromatic N) is 2. The zero-order valence-corrected chi connectivity index (χ0v) is 16.9. The Hall–Kier alpha value is -2.17. The molecule has 2 aliphatic heterocycles. The highest BCUT2D eigenvalue weighted by Gasteiger charge is 2.32. The summed E-state index contributed by atoms with van der Waals surface area (Å²) in [6.45, 7) is 7.98. The van der Waals surface area contributed by atoms with E-state index in [1.54, 1.807) is 0 Å². The average Bonchev–Trinajstić information content (AvgIpc) is 3.15. The van der Waals surface area contributed by atoms with Gasteiger partial charge in [-0.15, -0.1) is 0 Å². The van der Waals surface area contributed by atoms with E-state index in [-0.39, 0.29) is 18.1 Å². The smallest absolute Gasteiger partial charge is 0.254 e. The molecule has 3 atom stereocenters. The minimum absolute atomic E-state index is 0.163. The first kappa shape index (κ1) is 19.2. The summed E-state index contributed by atoms with van der Waals surface area (Å²) in [5.74, 6) is 0.163. The van der Waals surface area contributed by atoms with E-state index in [1.165, 1.54) is 5.56 Å². The van der Waals surface area contributed by atoms with Gasteiger partial charge in [-0.2, -0.15) is 0 Å². The molecule has 4 heteroatoms. The summed E-state index contributed by atoms with van der Waals surface area (Å²) in [7, 11) is 0. The van der Waals surface area contributed by atoms with Crippen LogP contribution in [0.2, 0.25) is 0 Å². The summed E-state index contributed by atoms with van der Waals surface area (Å²) in [4.78, 5) is 17.7. The molecule has 0 bridgehead atoms. The van der Waals surface area contributed by atoms with Crippen LogP contribution in [-0.4, -0.2) is 60.1 Å². The lowest BCUT2D eigenvalue weighted by Gasteiger charge is -2.38. The van der Waals surface area contributed by atoms with Gasteiger partial charge in [0.15, 0.2) is 0 Å². The molecule has 4 nitrogen and oxygen atoms in total. The van der Waals surface area contributed by atoms with Gasteiger partial charge >= 0.3 is 0 Å². The predicted molar refractivity (Wildman–Crippen MR) is 112 cm³/mol. The summed E-state index contributed by atoms with van der Waals surface area (Å²) >= 11 is 0. The summed E-state index contributed by atoms with van der Waals surface area (Å²) in [6, 6.07) is 18.6. The van der Waals surface area contributed by atoms with Crippen LogP contribution in [0.4, 0.5) is 0 Å². The summed E-state index contributed by atoms with van der Waals surface area (Å²) in [6.07, 6.45) is 2.71. The molecule has 0 N–H and O–H groups in total. The minimum atomic E-state index is 0.163. The topological polar surface area (TPSA) is 32.8 Å². The largest absolute Gasteiger partial charge is 0.373 e. The molecule has 148 valence electrons. The van der Waals surface area contributed by atoms with Crippen LogP contribution in [0.15, 0.2) is 54.6 Å². The molecule has 0 saturated carbocycles. The molecule has 1 amide bonds. The molecule has 0 aromatic heterocycles. The number of carbonyl (C=O) groups excluding carboxylic acids is 1. The van der Waals surface area contributed by atoms with E-state index in [9.17, 15) is 4.79 Å². The molecule has 0 aliphatic carbocycles. The first-order valence-corrected chi connectivity index (χ1v) is 10.4. The molecule has 2 saturated heterocycles. The van der Waals surface area contributed by atoms with Crippen LogP contribution in [0.1, 0.15) is 37.0 Å². The van der Waals surface area contributed by atoms with Gasteiger partial charge in [0.2, 0.25) is 0 Å². The molecule has 2 fully saturated rings. The van der Waals surface area contributed by atoms with E-state index in [4.69, 9.17) is 4.74 Å². The molecule has 2 heterocycles. The van der Waals surface area contributed by atoms with Crippen LogP contribution in [-0.2, 0) is 4.74 Å². The molecular weight excluding hydrogens is 348 g/mol. The third kappa shape index (κ3) is 4.29. The molecular formula is C24H30N2O2. The van der Waals surface area contributed by atoms with Crippen molar-refractivity contribution in [3.05, 3.63) is 60.2 Å². The lowest BCUT2D eigenvalue weighted by molar-refractivity contribution is -0.0715. The standard InChI is InChI=1S/C24H30N2O2/c1-18-15-25(16-19(2)28-18)17-23-9-6-14-26(23)24(27)22-12-10-21(11-13-22)20-7-4-3-5-8-20/h3-5,7-8,10-13,18-19,23H,6,9,14-17H2,1-2H3. The van der Waals surface area contributed by atoms with E-state index in [0.717, 1.165) is 50.1 Å². The highest BCUT2D eigenvalue weighted by Crippen LogP contribution is 2.24. The second-order valence-corrected chi connectivity index (χ2v) is 8.21. The maximum absolute atomic E-state index is 13.2. The van der Waals surface area contributed by atoms with Gasteiger partial charge in [-0.3, -0.25) is 9.69 Å². The van der Waals surface area contributed by atoms with Crippen LogP contribution in [0.25, 0.3) is 11.1 Å². The van der Waals surface area contributed by atoms with E-state index in [1.807, 2.05) is 30.3 Å². The number of hydrogen-bond donors (Lipinski definition) is 0. The number of hydrogen-bond acceptors (Lipinski definition) is 3. The predicted octanol–water partition coefficient (Wildman–Crippen LogP) is 4.07. The van der Waals surface area contributed by atoms with Crippen LogP contribution < -0.4 is 0 Å². The number of amides is 1. The highest BCUT2D eigenvalue weighted by molar-refractivity contribution is 5.95. The summed E-state index contributed by atoms with van der Waals surface area (Å²) in [5, 5.41) is 0. The Morgan fingerprint density at radius 2 is 1.61 bits per heavy atom. The van der Waals surface area contributed by atoms with Crippen molar-refractivity contribution in [1.82, 2.24) is 9.80 Å². The van der Waals surface area contributed by atoms with Crippen molar-refractivity contribution in [2.45, 2.75) is 44.9 Å². The molecule has 2 aliphatic rings. The third-order valence-electron chi connectivity index (χ3n) is 5.84. The van der Waals surface area contributed by atoms with Gasteiger partial charge in [-0.05, 0) is 49.9 Å². The van der Waals surface area contributed by atoms with Crippen molar-refractivity contribution in [3.8, 4) is 11.1 Å². The van der Waals surface area contributed by atoms with E-state index >= 15 is 0 Å². The molecule has 28 heavy (non-hydrogen) atoms. The Labute approximate surface area is 168 Å². The van der Waals surface area contributed by atoms with Gasteiger partial charge < -0.3 is 9.64 Å². The van der Waals surface area contributed by atoms with Gasteiger partial charge in [0.1, 0.15) is 0 Å².